The van der Waals surface area contributed by atoms with E-state index in [1.54, 1.807) is 9.80 Å². The topological polar surface area (TPSA) is 61.7 Å². The molecule has 2 fully saturated rings. The predicted molar refractivity (Wildman–Crippen MR) is 165 cm³/mol. The molecule has 3 atom stereocenters. The molecule has 1 amide bonds. The van der Waals surface area contributed by atoms with E-state index in [1.807, 2.05) is 13.8 Å². The Morgan fingerprint density at radius 1 is 1.07 bits per heavy atom. The molecule has 0 saturated carbocycles. The van der Waals surface area contributed by atoms with Crippen LogP contribution in [0.4, 0.5) is 27.8 Å². The standard InChI is InChI=1S/C31H31ClF5N5O2S/c1-4-25(43)42-16(2)12-40(13-17(42)3)29-20-9-21(31(35,36)37)26(19-10-22(32)24(34)11-23(19)33)28-27(20)41(30(44)38-29)14-18(15-45-28)39-7-5-6-8-39/h4,9-11,16-18H,1,5-8,12-15H2,2-3H3/t16-,17+,18?. The highest BCUT2D eigenvalue weighted by Gasteiger charge is 2.41. The third kappa shape index (κ3) is 5.61. The van der Waals surface area contributed by atoms with Crippen molar-refractivity contribution in [3.8, 4) is 11.1 Å². The fraction of sp³-hybridized carbons (Fsp3) is 0.452. The van der Waals surface area contributed by atoms with Crippen molar-refractivity contribution in [3.63, 3.8) is 0 Å². The molecule has 0 spiro atoms. The van der Waals surface area contributed by atoms with Crippen LogP contribution in [0.3, 0.4) is 0 Å². The highest BCUT2D eigenvalue weighted by atomic mass is 35.5. The van der Waals surface area contributed by atoms with E-state index in [9.17, 15) is 27.2 Å². The van der Waals surface area contributed by atoms with E-state index >= 15 is 4.39 Å². The molecule has 0 radical (unpaired) electrons. The SMILES string of the molecule is C=CC(=O)N1[C@H](C)CN(c2nc(=O)n3c4c(c(-c5cc(Cl)c(F)cc5F)c(C(F)(F)F)cc24)SCC(N2CCCC2)C3)C[C@@H]1C. The fourth-order valence-corrected chi connectivity index (χ4v) is 8.52. The van der Waals surface area contributed by atoms with Gasteiger partial charge in [-0.1, -0.05) is 18.2 Å². The number of amides is 1. The number of halogens is 6. The summed E-state index contributed by atoms with van der Waals surface area (Å²) in [5.41, 5.74) is -2.57. The van der Waals surface area contributed by atoms with Crippen LogP contribution >= 0.6 is 23.4 Å². The van der Waals surface area contributed by atoms with Crippen LogP contribution in [0.1, 0.15) is 32.3 Å². The molecule has 1 aromatic heterocycles. The summed E-state index contributed by atoms with van der Waals surface area (Å²) in [7, 11) is 0. The van der Waals surface area contributed by atoms with Crippen molar-refractivity contribution in [2.75, 3.05) is 36.8 Å². The summed E-state index contributed by atoms with van der Waals surface area (Å²) in [6.07, 6.45) is -1.81. The van der Waals surface area contributed by atoms with Crippen molar-refractivity contribution in [1.82, 2.24) is 19.4 Å². The van der Waals surface area contributed by atoms with E-state index < -0.39 is 45.2 Å². The van der Waals surface area contributed by atoms with Gasteiger partial charge in [-0.05, 0) is 58.0 Å². The first-order chi connectivity index (χ1) is 21.3. The van der Waals surface area contributed by atoms with Crippen LogP contribution in [0.2, 0.25) is 5.02 Å². The number of likely N-dealkylation sites (tertiary alicyclic amines) is 1. The molecule has 1 unspecified atom stereocenters. The lowest BCUT2D eigenvalue weighted by Crippen LogP contribution is -2.58. The van der Waals surface area contributed by atoms with Crippen molar-refractivity contribution in [3.05, 3.63) is 63.6 Å². The van der Waals surface area contributed by atoms with Crippen LogP contribution in [0, 0.1) is 11.6 Å². The molecule has 3 aromatic rings. The zero-order valence-electron chi connectivity index (χ0n) is 24.6. The molecule has 14 heteroatoms. The van der Waals surface area contributed by atoms with E-state index in [0.29, 0.717) is 11.8 Å². The second kappa shape index (κ2) is 11.9. The number of benzene rings is 2. The minimum atomic E-state index is -4.96. The molecule has 0 aliphatic carbocycles. The zero-order chi connectivity index (χ0) is 32.4. The van der Waals surface area contributed by atoms with E-state index in [4.69, 9.17) is 11.6 Å². The largest absolute Gasteiger partial charge is 0.417 e. The summed E-state index contributed by atoms with van der Waals surface area (Å²) >= 11 is 7.11. The van der Waals surface area contributed by atoms with Crippen LogP contribution < -0.4 is 10.6 Å². The number of thioether (sulfide) groups is 1. The van der Waals surface area contributed by atoms with Gasteiger partial charge in [0, 0.05) is 71.0 Å². The van der Waals surface area contributed by atoms with Gasteiger partial charge in [-0.2, -0.15) is 18.2 Å². The highest BCUT2D eigenvalue weighted by molar-refractivity contribution is 7.99. The Kier molecular flexibility index (Phi) is 8.40. The molecule has 3 aliphatic heterocycles. The maximum atomic E-state index is 15.4. The second-order valence-corrected chi connectivity index (χ2v) is 13.3. The normalized spacial score (nSPS) is 22.6. The van der Waals surface area contributed by atoms with Crippen LogP contribution in [-0.2, 0) is 17.5 Å². The number of hydrogen-bond donors (Lipinski definition) is 0. The Morgan fingerprint density at radius 2 is 1.73 bits per heavy atom. The Hall–Kier alpha value is -3.16. The molecule has 240 valence electrons. The van der Waals surface area contributed by atoms with Crippen LogP contribution in [-0.4, -0.2) is 75.3 Å². The lowest BCUT2D eigenvalue weighted by Gasteiger charge is -2.44. The number of piperazine rings is 1. The van der Waals surface area contributed by atoms with Gasteiger partial charge in [0.15, 0.2) is 0 Å². The van der Waals surface area contributed by atoms with E-state index in [1.165, 1.54) is 10.6 Å². The van der Waals surface area contributed by atoms with Gasteiger partial charge in [-0.15, -0.1) is 11.8 Å². The smallest absolute Gasteiger partial charge is 0.352 e. The van der Waals surface area contributed by atoms with Gasteiger partial charge in [0.25, 0.3) is 0 Å². The first-order valence-electron chi connectivity index (χ1n) is 14.7. The van der Waals surface area contributed by atoms with E-state index in [0.717, 1.165) is 49.8 Å². The van der Waals surface area contributed by atoms with Crippen molar-refractivity contribution in [2.45, 2.75) is 62.4 Å². The molecule has 0 N–H and O–H groups in total. The molecule has 7 nitrogen and oxygen atoms in total. The summed E-state index contributed by atoms with van der Waals surface area (Å²) in [4.78, 5) is 36.4. The minimum Gasteiger partial charge on any atom is -0.352 e. The van der Waals surface area contributed by atoms with Gasteiger partial charge in [-0.25, -0.2) is 13.6 Å². The maximum absolute atomic E-state index is 15.4. The molecule has 2 saturated heterocycles. The Bertz CT molecular complexity index is 1750. The number of hydrogen-bond acceptors (Lipinski definition) is 6. The molecule has 0 bridgehead atoms. The molecule has 4 heterocycles. The average molecular weight is 668 g/mol. The van der Waals surface area contributed by atoms with Gasteiger partial charge in [-0.3, -0.25) is 14.3 Å². The van der Waals surface area contributed by atoms with Crippen molar-refractivity contribution < 1.29 is 26.7 Å². The summed E-state index contributed by atoms with van der Waals surface area (Å²) in [5.74, 6) is -2.17. The van der Waals surface area contributed by atoms with Gasteiger partial charge in [0.05, 0.1) is 16.1 Å². The Morgan fingerprint density at radius 3 is 2.36 bits per heavy atom. The molecule has 2 aromatic carbocycles. The third-order valence-electron chi connectivity index (χ3n) is 8.90. The number of anilines is 1. The van der Waals surface area contributed by atoms with Crippen molar-refractivity contribution >= 4 is 46.0 Å². The van der Waals surface area contributed by atoms with Crippen LogP contribution in [0.5, 0.6) is 0 Å². The monoisotopic (exact) mass is 667 g/mol. The minimum absolute atomic E-state index is 0.0606. The number of aromatic nitrogens is 2. The number of carbonyl (C=O) groups excluding carboxylic acids is 1. The zero-order valence-corrected chi connectivity index (χ0v) is 26.2. The first-order valence-corrected chi connectivity index (χ1v) is 16.1. The number of carbonyl (C=O) groups is 1. The summed E-state index contributed by atoms with van der Waals surface area (Å²) in [5, 5.41) is -0.435. The van der Waals surface area contributed by atoms with Gasteiger partial charge >= 0.3 is 11.9 Å². The molecular formula is C31H31ClF5N5O2S. The van der Waals surface area contributed by atoms with Crippen molar-refractivity contribution in [2.24, 2.45) is 0 Å². The van der Waals surface area contributed by atoms with E-state index in [-0.39, 0.29) is 65.3 Å². The number of rotatable bonds is 4. The van der Waals surface area contributed by atoms with Crippen molar-refractivity contribution in [1.29, 1.82) is 0 Å². The maximum Gasteiger partial charge on any atom is 0.417 e. The molecule has 3 aliphatic rings. The van der Waals surface area contributed by atoms with E-state index in [2.05, 4.69) is 16.5 Å². The highest BCUT2D eigenvalue weighted by Crippen LogP contribution is 2.49. The lowest BCUT2D eigenvalue weighted by molar-refractivity contribution is -0.137. The summed E-state index contributed by atoms with van der Waals surface area (Å²) < 4.78 is 75.9. The lowest BCUT2D eigenvalue weighted by atomic mass is 9.95. The van der Waals surface area contributed by atoms with Crippen LogP contribution in [0.15, 0.2) is 40.5 Å². The quantitative estimate of drug-likeness (QED) is 0.188. The molecule has 6 rings (SSSR count). The molecular weight excluding hydrogens is 637 g/mol. The summed E-state index contributed by atoms with van der Waals surface area (Å²) in [6, 6.07) is 1.35. The Balaban J connectivity index is 1.64. The number of alkyl halides is 3. The predicted octanol–water partition coefficient (Wildman–Crippen LogP) is 6.20. The van der Waals surface area contributed by atoms with Gasteiger partial charge in [0.1, 0.15) is 17.5 Å². The average Bonchev–Trinajstić information content (AvgIpc) is 3.43. The number of nitrogens with zero attached hydrogens (tertiary/aromatic N) is 5. The third-order valence-corrected chi connectivity index (χ3v) is 10.4. The Labute approximate surface area is 265 Å². The van der Waals surface area contributed by atoms with Crippen LogP contribution in [0.25, 0.3) is 22.0 Å². The summed E-state index contributed by atoms with van der Waals surface area (Å²) in [6.45, 7) is 9.37. The van der Waals surface area contributed by atoms with Gasteiger partial charge < -0.3 is 9.80 Å². The molecule has 45 heavy (non-hydrogen) atoms. The first kappa shape index (κ1) is 31.8. The van der Waals surface area contributed by atoms with Gasteiger partial charge in [0.2, 0.25) is 5.91 Å². The second-order valence-electron chi connectivity index (χ2n) is 11.9. The fourth-order valence-electron chi connectivity index (χ4n) is 6.96.